The molecular formula is C22H35N3O. The molecule has 3 aliphatic rings. The van der Waals surface area contributed by atoms with Crippen molar-refractivity contribution < 1.29 is 4.74 Å². The molecule has 1 N–H and O–H groups in total. The predicted molar refractivity (Wildman–Crippen MR) is 107 cm³/mol. The summed E-state index contributed by atoms with van der Waals surface area (Å²) < 4.78 is 5.68. The first-order chi connectivity index (χ1) is 12.9. The average molecular weight is 358 g/mol. The SMILES string of the molecule is COc1ccccc1[C@H]1CCCN[C@H]1N1CCN(C2CCCCC2)CC1. The predicted octanol–water partition coefficient (Wildman–Crippen LogP) is 3.44. The number of para-hydroxylation sites is 1. The zero-order valence-electron chi connectivity index (χ0n) is 16.3. The Hall–Kier alpha value is -1.10. The van der Waals surface area contributed by atoms with Crippen molar-refractivity contribution >= 4 is 0 Å². The largest absolute Gasteiger partial charge is 0.496 e. The van der Waals surface area contributed by atoms with Crippen LogP contribution in [0.5, 0.6) is 5.75 Å². The molecule has 4 heteroatoms. The second-order valence-electron chi connectivity index (χ2n) is 8.25. The molecule has 0 spiro atoms. The van der Waals surface area contributed by atoms with Crippen LogP contribution in [-0.2, 0) is 0 Å². The molecule has 2 aliphatic heterocycles. The molecular weight excluding hydrogens is 322 g/mol. The molecule has 1 aliphatic carbocycles. The topological polar surface area (TPSA) is 27.7 Å². The first-order valence-corrected chi connectivity index (χ1v) is 10.7. The molecule has 0 amide bonds. The second kappa shape index (κ2) is 8.73. The average Bonchev–Trinajstić information content (AvgIpc) is 2.74. The van der Waals surface area contributed by atoms with Crippen LogP contribution in [0.4, 0.5) is 0 Å². The number of rotatable bonds is 4. The monoisotopic (exact) mass is 357 g/mol. The smallest absolute Gasteiger partial charge is 0.122 e. The van der Waals surface area contributed by atoms with Gasteiger partial charge < -0.3 is 10.1 Å². The molecule has 4 rings (SSSR count). The van der Waals surface area contributed by atoms with Crippen LogP contribution in [0.1, 0.15) is 56.4 Å². The van der Waals surface area contributed by atoms with Crippen LogP contribution in [0.2, 0.25) is 0 Å². The van der Waals surface area contributed by atoms with Crippen molar-refractivity contribution in [3.05, 3.63) is 29.8 Å². The Labute approximate surface area is 158 Å². The van der Waals surface area contributed by atoms with E-state index < -0.39 is 0 Å². The highest BCUT2D eigenvalue weighted by atomic mass is 16.5. The normalized spacial score (nSPS) is 29.6. The summed E-state index contributed by atoms with van der Waals surface area (Å²) in [6.07, 6.45) is 10.1. The Morgan fingerprint density at radius 2 is 1.62 bits per heavy atom. The number of nitrogens with zero attached hydrogens (tertiary/aromatic N) is 2. The van der Waals surface area contributed by atoms with Crippen molar-refractivity contribution in [3.8, 4) is 5.75 Å². The van der Waals surface area contributed by atoms with Crippen LogP contribution in [-0.4, -0.2) is 61.8 Å². The van der Waals surface area contributed by atoms with Gasteiger partial charge in [0, 0.05) is 43.7 Å². The Morgan fingerprint density at radius 1 is 0.885 bits per heavy atom. The van der Waals surface area contributed by atoms with Crippen molar-refractivity contribution in [1.29, 1.82) is 0 Å². The number of methoxy groups -OCH3 is 1. The molecule has 0 radical (unpaired) electrons. The molecule has 144 valence electrons. The molecule has 2 atom stereocenters. The summed E-state index contributed by atoms with van der Waals surface area (Å²) in [7, 11) is 1.80. The molecule has 4 nitrogen and oxygen atoms in total. The fraction of sp³-hybridized carbons (Fsp3) is 0.727. The molecule has 0 aromatic heterocycles. The Balaban J connectivity index is 1.42. The van der Waals surface area contributed by atoms with Crippen molar-refractivity contribution in [2.45, 2.75) is 63.1 Å². The van der Waals surface area contributed by atoms with Gasteiger partial charge in [0.25, 0.3) is 0 Å². The summed E-state index contributed by atoms with van der Waals surface area (Å²) >= 11 is 0. The number of benzene rings is 1. The van der Waals surface area contributed by atoms with Crippen LogP contribution in [0.15, 0.2) is 24.3 Å². The summed E-state index contributed by atoms with van der Waals surface area (Å²) in [6.45, 7) is 6.00. The first-order valence-electron chi connectivity index (χ1n) is 10.7. The lowest BCUT2D eigenvalue weighted by atomic mass is 9.86. The van der Waals surface area contributed by atoms with Crippen molar-refractivity contribution in [2.75, 3.05) is 39.8 Å². The molecule has 0 bridgehead atoms. The van der Waals surface area contributed by atoms with Crippen LogP contribution >= 0.6 is 0 Å². The van der Waals surface area contributed by atoms with Gasteiger partial charge in [-0.2, -0.15) is 0 Å². The van der Waals surface area contributed by atoms with Gasteiger partial charge in [-0.1, -0.05) is 37.5 Å². The van der Waals surface area contributed by atoms with Crippen LogP contribution in [0.25, 0.3) is 0 Å². The van der Waals surface area contributed by atoms with Gasteiger partial charge in [0.05, 0.1) is 13.3 Å². The van der Waals surface area contributed by atoms with E-state index in [0.717, 1.165) is 18.3 Å². The number of piperazine rings is 1. The number of piperidine rings is 1. The standard InChI is InChI=1S/C22H35N3O/c1-26-21-12-6-5-10-19(21)20-11-7-13-23-22(20)25-16-14-24(15-17-25)18-8-3-2-4-9-18/h5-6,10,12,18,20,22-23H,2-4,7-9,11,13-17H2,1H3/t20-,22+/m1/s1. The molecule has 0 unspecified atom stereocenters. The van der Waals surface area contributed by atoms with Gasteiger partial charge in [-0.3, -0.25) is 9.80 Å². The summed E-state index contributed by atoms with van der Waals surface area (Å²) in [5.41, 5.74) is 1.38. The van der Waals surface area contributed by atoms with Crippen LogP contribution < -0.4 is 10.1 Å². The van der Waals surface area contributed by atoms with E-state index >= 15 is 0 Å². The Bertz CT molecular complexity index is 564. The summed E-state index contributed by atoms with van der Waals surface area (Å²) in [4.78, 5) is 5.48. The molecule has 3 fully saturated rings. The van der Waals surface area contributed by atoms with Gasteiger partial charge in [0.2, 0.25) is 0 Å². The lowest BCUT2D eigenvalue weighted by Crippen LogP contribution is -2.59. The maximum absolute atomic E-state index is 5.68. The highest BCUT2D eigenvalue weighted by molar-refractivity contribution is 5.37. The zero-order valence-corrected chi connectivity index (χ0v) is 16.3. The minimum atomic E-state index is 0.452. The van der Waals surface area contributed by atoms with Gasteiger partial charge in [-0.05, 0) is 38.3 Å². The second-order valence-corrected chi connectivity index (χ2v) is 8.25. The lowest BCUT2D eigenvalue weighted by Gasteiger charge is -2.47. The number of hydrogen-bond donors (Lipinski definition) is 1. The van der Waals surface area contributed by atoms with E-state index in [2.05, 4.69) is 39.4 Å². The summed E-state index contributed by atoms with van der Waals surface area (Å²) in [5, 5.41) is 3.83. The molecule has 1 aromatic carbocycles. The maximum Gasteiger partial charge on any atom is 0.122 e. The Kier molecular flexibility index (Phi) is 6.13. The van der Waals surface area contributed by atoms with Crippen LogP contribution in [0.3, 0.4) is 0 Å². The number of ether oxygens (including phenoxy) is 1. The highest BCUT2D eigenvalue weighted by Gasteiger charge is 2.35. The molecule has 2 heterocycles. The van der Waals surface area contributed by atoms with Crippen molar-refractivity contribution in [3.63, 3.8) is 0 Å². The third-order valence-corrected chi connectivity index (χ3v) is 6.80. The van der Waals surface area contributed by atoms with Crippen molar-refractivity contribution in [1.82, 2.24) is 15.1 Å². The maximum atomic E-state index is 5.68. The van der Waals surface area contributed by atoms with E-state index in [1.54, 1.807) is 7.11 Å². The van der Waals surface area contributed by atoms with E-state index in [1.807, 2.05) is 0 Å². The van der Waals surface area contributed by atoms with E-state index in [1.165, 1.54) is 76.7 Å². The summed E-state index contributed by atoms with van der Waals surface area (Å²) in [5.74, 6) is 1.58. The van der Waals surface area contributed by atoms with E-state index in [9.17, 15) is 0 Å². The molecule has 26 heavy (non-hydrogen) atoms. The quantitative estimate of drug-likeness (QED) is 0.893. The van der Waals surface area contributed by atoms with E-state index in [0.29, 0.717) is 12.1 Å². The van der Waals surface area contributed by atoms with Crippen molar-refractivity contribution in [2.24, 2.45) is 0 Å². The number of nitrogens with one attached hydrogen (secondary N) is 1. The van der Waals surface area contributed by atoms with E-state index in [4.69, 9.17) is 4.74 Å². The third-order valence-electron chi connectivity index (χ3n) is 6.80. The van der Waals surface area contributed by atoms with E-state index in [-0.39, 0.29) is 0 Å². The minimum Gasteiger partial charge on any atom is -0.496 e. The fourth-order valence-electron chi connectivity index (χ4n) is 5.38. The lowest BCUT2D eigenvalue weighted by molar-refractivity contribution is 0.0309. The van der Waals surface area contributed by atoms with Gasteiger partial charge in [-0.15, -0.1) is 0 Å². The fourth-order valence-corrected chi connectivity index (χ4v) is 5.38. The molecule has 2 saturated heterocycles. The highest BCUT2D eigenvalue weighted by Crippen LogP contribution is 2.36. The first kappa shape index (κ1) is 18.3. The van der Waals surface area contributed by atoms with Gasteiger partial charge in [0.15, 0.2) is 0 Å². The summed E-state index contributed by atoms with van der Waals surface area (Å²) in [6, 6.07) is 9.47. The number of hydrogen-bond acceptors (Lipinski definition) is 4. The van der Waals surface area contributed by atoms with Gasteiger partial charge in [-0.25, -0.2) is 0 Å². The zero-order chi connectivity index (χ0) is 17.8. The van der Waals surface area contributed by atoms with Gasteiger partial charge >= 0.3 is 0 Å². The molecule has 1 aromatic rings. The minimum absolute atomic E-state index is 0.452. The molecule has 1 saturated carbocycles. The third kappa shape index (κ3) is 3.92. The van der Waals surface area contributed by atoms with Gasteiger partial charge in [0.1, 0.15) is 5.75 Å². The Morgan fingerprint density at radius 3 is 2.38 bits per heavy atom. The van der Waals surface area contributed by atoms with Crippen LogP contribution in [0, 0.1) is 0 Å².